The fourth-order valence-electron chi connectivity index (χ4n) is 5.82. The van der Waals surface area contributed by atoms with Crippen LogP contribution >= 0.6 is 0 Å². The molecule has 1 fully saturated rings. The van der Waals surface area contributed by atoms with E-state index in [9.17, 15) is 9.59 Å². The Bertz CT molecular complexity index is 1650. The average molecular weight is 568 g/mol. The number of piperidine rings is 1. The molecule has 0 saturated carbocycles. The number of carbonyl (C=O) groups is 2. The van der Waals surface area contributed by atoms with Gasteiger partial charge in [-0.05, 0) is 61.2 Å². The molecule has 0 atom stereocenters. The van der Waals surface area contributed by atoms with E-state index in [2.05, 4.69) is 9.55 Å². The maximum absolute atomic E-state index is 13.7. The van der Waals surface area contributed by atoms with Crippen LogP contribution in [0.3, 0.4) is 0 Å². The highest BCUT2D eigenvalue weighted by Crippen LogP contribution is 2.30. The molecule has 10 heteroatoms. The molecule has 2 heterocycles. The van der Waals surface area contributed by atoms with Crippen molar-refractivity contribution in [3.05, 3.63) is 72.1 Å². The van der Waals surface area contributed by atoms with E-state index < -0.39 is 0 Å². The van der Waals surface area contributed by atoms with Gasteiger partial charge in [0.15, 0.2) is 0 Å². The Morgan fingerprint density at radius 1 is 1.05 bits per heavy atom. The molecule has 1 amide bonds. The number of fused-ring (bicyclic) bond motifs is 2. The molecule has 4 aromatic rings. The molecular formula is C32H37N7O3. The summed E-state index contributed by atoms with van der Waals surface area (Å²) in [4.78, 5) is 34.2. The summed E-state index contributed by atoms with van der Waals surface area (Å²) in [6.07, 6.45) is 3.36. The Hall–Kier alpha value is -4.73. The number of hydrogen-bond donors (Lipinski definition) is 3. The zero-order chi connectivity index (χ0) is 29.8. The van der Waals surface area contributed by atoms with Gasteiger partial charge in [-0.3, -0.25) is 20.4 Å². The van der Waals surface area contributed by atoms with Crippen LogP contribution in [0, 0.1) is 10.8 Å². The van der Waals surface area contributed by atoms with Gasteiger partial charge in [0.1, 0.15) is 5.84 Å². The molecule has 5 rings (SSSR count). The number of nitrogen functional groups attached to an aromatic ring is 1. The first-order chi connectivity index (χ1) is 20.3. The molecule has 0 spiro atoms. The molecule has 4 N–H and O–H groups in total. The fourth-order valence-corrected chi connectivity index (χ4v) is 5.82. The number of benzene rings is 3. The van der Waals surface area contributed by atoms with Crippen molar-refractivity contribution in [3.63, 3.8) is 0 Å². The first-order valence-electron chi connectivity index (χ1n) is 14.3. The van der Waals surface area contributed by atoms with Crippen molar-refractivity contribution in [2.75, 3.05) is 24.6 Å². The van der Waals surface area contributed by atoms with E-state index in [4.69, 9.17) is 21.3 Å². The summed E-state index contributed by atoms with van der Waals surface area (Å²) in [6.45, 7) is 5.77. The largest absolute Gasteiger partial charge is 0.466 e. The fraction of sp³-hybridized carbons (Fsp3) is 0.344. The van der Waals surface area contributed by atoms with E-state index in [0.717, 1.165) is 45.9 Å². The van der Waals surface area contributed by atoms with E-state index >= 15 is 0 Å². The molecule has 1 aliphatic rings. The standard InChI is InChI=1S/C32H37N7O3/c1-3-42-31(41)13-12-30(40)39(23-14-16-37(17-15-23)21(2)33)24-9-11-28-29(18-24)38(20-36-28)19-22-8-10-27(32(34)35)26-7-5-4-6-25(22)26/h4-11,18,20,23,33H,3,12-17,19H2,1-2H3,(H3,34,35). The molecule has 1 aromatic heterocycles. The molecule has 42 heavy (non-hydrogen) atoms. The van der Waals surface area contributed by atoms with Crippen LogP contribution in [-0.2, 0) is 20.9 Å². The van der Waals surface area contributed by atoms with Gasteiger partial charge in [-0.25, -0.2) is 4.98 Å². The van der Waals surface area contributed by atoms with Crippen molar-refractivity contribution in [3.8, 4) is 0 Å². The van der Waals surface area contributed by atoms with E-state index in [-0.39, 0.29) is 43.2 Å². The maximum atomic E-state index is 13.7. The van der Waals surface area contributed by atoms with Gasteiger partial charge in [-0.15, -0.1) is 0 Å². The lowest BCUT2D eigenvalue weighted by molar-refractivity contribution is -0.144. The predicted molar refractivity (Wildman–Crippen MR) is 165 cm³/mol. The predicted octanol–water partition coefficient (Wildman–Crippen LogP) is 4.66. The summed E-state index contributed by atoms with van der Waals surface area (Å²) in [5.41, 5.74) is 10.1. The van der Waals surface area contributed by atoms with E-state index in [1.165, 1.54) is 0 Å². The van der Waals surface area contributed by atoms with Gasteiger partial charge in [0.2, 0.25) is 5.91 Å². The molecule has 1 saturated heterocycles. The summed E-state index contributed by atoms with van der Waals surface area (Å²) in [6, 6.07) is 17.6. The van der Waals surface area contributed by atoms with Crippen LogP contribution in [-0.4, -0.2) is 63.7 Å². The molecule has 10 nitrogen and oxygen atoms in total. The number of esters is 1. The second-order valence-electron chi connectivity index (χ2n) is 10.6. The number of amidine groups is 2. The summed E-state index contributed by atoms with van der Waals surface area (Å²) in [7, 11) is 0. The third kappa shape index (κ3) is 5.97. The zero-order valence-corrected chi connectivity index (χ0v) is 24.1. The van der Waals surface area contributed by atoms with Crippen molar-refractivity contribution < 1.29 is 14.3 Å². The maximum Gasteiger partial charge on any atom is 0.306 e. The van der Waals surface area contributed by atoms with E-state index in [0.29, 0.717) is 31.0 Å². The van der Waals surface area contributed by atoms with Gasteiger partial charge in [-0.2, -0.15) is 0 Å². The third-order valence-electron chi connectivity index (χ3n) is 7.95. The highest BCUT2D eigenvalue weighted by Gasteiger charge is 2.30. The van der Waals surface area contributed by atoms with Gasteiger partial charge >= 0.3 is 5.97 Å². The van der Waals surface area contributed by atoms with Gasteiger partial charge in [0.05, 0.1) is 36.2 Å². The lowest BCUT2D eigenvalue weighted by atomic mass is 9.99. The number of likely N-dealkylation sites (tertiary alicyclic amines) is 1. The number of nitrogens with two attached hydrogens (primary N) is 1. The number of imidazole rings is 1. The molecular weight excluding hydrogens is 530 g/mol. The molecule has 0 radical (unpaired) electrons. The van der Waals surface area contributed by atoms with Crippen molar-refractivity contribution in [1.82, 2.24) is 14.5 Å². The smallest absolute Gasteiger partial charge is 0.306 e. The minimum absolute atomic E-state index is 0.0322. The quantitative estimate of drug-likeness (QED) is 0.153. The van der Waals surface area contributed by atoms with Crippen LogP contribution < -0.4 is 10.6 Å². The third-order valence-corrected chi connectivity index (χ3v) is 7.95. The van der Waals surface area contributed by atoms with Crippen molar-refractivity contribution in [2.45, 2.75) is 52.1 Å². The van der Waals surface area contributed by atoms with Gasteiger partial charge in [-0.1, -0.05) is 36.4 Å². The molecule has 0 unspecified atom stereocenters. The average Bonchev–Trinajstić information content (AvgIpc) is 3.38. The van der Waals surface area contributed by atoms with Crippen molar-refractivity contribution in [1.29, 1.82) is 10.8 Å². The van der Waals surface area contributed by atoms with Crippen LogP contribution in [0.25, 0.3) is 21.8 Å². The Morgan fingerprint density at radius 3 is 2.48 bits per heavy atom. The minimum atomic E-state index is -0.378. The Labute approximate surface area is 245 Å². The highest BCUT2D eigenvalue weighted by atomic mass is 16.5. The first kappa shape index (κ1) is 28.8. The Kier molecular flexibility index (Phi) is 8.51. The number of anilines is 1. The summed E-state index contributed by atoms with van der Waals surface area (Å²) < 4.78 is 7.13. The SMILES string of the molecule is CCOC(=O)CCC(=O)N(c1ccc2ncn(Cc3ccc(C(=N)N)c4ccccc34)c2c1)C1CCN(C(C)=N)CC1. The van der Waals surface area contributed by atoms with Gasteiger partial charge in [0, 0.05) is 43.3 Å². The van der Waals surface area contributed by atoms with Gasteiger partial charge < -0.3 is 24.8 Å². The zero-order valence-electron chi connectivity index (χ0n) is 24.1. The molecule has 0 aliphatic carbocycles. The second kappa shape index (κ2) is 12.4. The van der Waals surface area contributed by atoms with Gasteiger partial charge in [0.25, 0.3) is 0 Å². The van der Waals surface area contributed by atoms with Crippen LogP contribution in [0.15, 0.2) is 60.9 Å². The monoisotopic (exact) mass is 567 g/mol. The molecule has 0 bridgehead atoms. The summed E-state index contributed by atoms with van der Waals surface area (Å²) in [5, 5.41) is 17.9. The Balaban J connectivity index is 1.48. The van der Waals surface area contributed by atoms with E-state index in [1.807, 2.05) is 64.4 Å². The van der Waals surface area contributed by atoms with Crippen molar-refractivity contribution >= 4 is 51.0 Å². The van der Waals surface area contributed by atoms with Crippen LogP contribution in [0.4, 0.5) is 5.69 Å². The number of aromatic nitrogens is 2. The molecule has 1 aliphatic heterocycles. The first-order valence-corrected chi connectivity index (χ1v) is 14.3. The lowest BCUT2D eigenvalue weighted by Crippen LogP contribution is -2.48. The topological polar surface area (TPSA) is 141 Å². The lowest BCUT2D eigenvalue weighted by Gasteiger charge is -2.39. The second-order valence-corrected chi connectivity index (χ2v) is 10.6. The number of nitrogens with zero attached hydrogens (tertiary/aromatic N) is 4. The number of rotatable bonds is 9. The summed E-state index contributed by atoms with van der Waals surface area (Å²) in [5.74, 6) is 0.0634. The number of hydrogen-bond acceptors (Lipinski definition) is 6. The van der Waals surface area contributed by atoms with Crippen LogP contribution in [0.1, 0.15) is 50.7 Å². The number of amides is 1. The number of carbonyl (C=O) groups excluding carboxylic acids is 2. The van der Waals surface area contributed by atoms with E-state index in [1.54, 1.807) is 20.2 Å². The molecule has 218 valence electrons. The summed E-state index contributed by atoms with van der Waals surface area (Å²) >= 11 is 0. The van der Waals surface area contributed by atoms with Crippen molar-refractivity contribution in [2.24, 2.45) is 5.73 Å². The number of ether oxygens (including phenoxy) is 1. The van der Waals surface area contributed by atoms with Crippen LogP contribution in [0.2, 0.25) is 0 Å². The normalized spacial score (nSPS) is 13.8. The number of nitrogens with one attached hydrogen (secondary N) is 2. The Morgan fingerprint density at radius 2 is 1.79 bits per heavy atom. The molecule has 3 aromatic carbocycles. The highest BCUT2D eigenvalue weighted by molar-refractivity contribution is 6.08. The minimum Gasteiger partial charge on any atom is -0.466 e. The van der Waals surface area contributed by atoms with Crippen LogP contribution in [0.5, 0.6) is 0 Å².